The molecule has 146 valence electrons. The number of hydrogen-bond donors (Lipinski definition) is 0. The van der Waals surface area contributed by atoms with E-state index in [0.717, 1.165) is 18.2 Å². The molecule has 0 N–H and O–H groups in total. The number of hydroxylamine groups is 2. The normalized spacial score (nSPS) is 11.6. The van der Waals surface area contributed by atoms with Crippen LogP contribution in [0, 0.1) is 5.82 Å². The van der Waals surface area contributed by atoms with Gasteiger partial charge in [0.2, 0.25) is 0 Å². The first-order valence-electron chi connectivity index (χ1n) is 7.12. The van der Waals surface area contributed by atoms with Crippen LogP contribution in [-0.4, -0.2) is 34.3 Å². The van der Waals surface area contributed by atoms with Crippen LogP contribution in [0.1, 0.15) is 16.1 Å². The lowest BCUT2D eigenvalue weighted by atomic mass is 10.1. The molecule has 1 amide bonds. The molecule has 2 aromatic rings. The van der Waals surface area contributed by atoms with Gasteiger partial charge in [-0.25, -0.2) is 18.8 Å². The number of benzene rings is 1. The number of rotatable bonds is 3. The predicted molar refractivity (Wildman–Crippen MR) is 86.4 cm³/mol. The van der Waals surface area contributed by atoms with Gasteiger partial charge in [0.25, 0.3) is 11.5 Å². The van der Waals surface area contributed by atoms with Gasteiger partial charge in [-0.3, -0.25) is 19.0 Å². The van der Waals surface area contributed by atoms with E-state index in [4.69, 9.17) is 11.6 Å². The molecular formula is C15H12ClF4N3O4. The van der Waals surface area contributed by atoms with Crippen LogP contribution in [0.5, 0.6) is 0 Å². The Morgan fingerprint density at radius 3 is 2.33 bits per heavy atom. The fourth-order valence-corrected chi connectivity index (χ4v) is 2.48. The topological polar surface area (TPSA) is 73.5 Å². The van der Waals surface area contributed by atoms with Crippen LogP contribution < -0.4 is 11.2 Å². The molecule has 7 nitrogen and oxygen atoms in total. The molecule has 1 aromatic heterocycles. The van der Waals surface area contributed by atoms with Crippen molar-refractivity contribution in [3.8, 4) is 5.69 Å². The standard InChI is InChI=1S/C15H12ClF4N3O4/c1-21-11(15(18,19)20)6-12(24)23(14(21)26)10-4-7(8(16)5-9(10)17)13(25)22(2)27-3/h4-6H,1-3H3. The highest BCUT2D eigenvalue weighted by molar-refractivity contribution is 6.33. The van der Waals surface area contributed by atoms with Gasteiger partial charge in [0.1, 0.15) is 11.5 Å². The molecule has 1 aromatic carbocycles. The predicted octanol–water partition coefficient (Wildman–Crippen LogP) is 1.98. The molecule has 12 heteroatoms. The molecule has 0 bridgehead atoms. The summed E-state index contributed by atoms with van der Waals surface area (Å²) < 4.78 is 53.4. The molecule has 0 saturated heterocycles. The minimum atomic E-state index is -4.97. The summed E-state index contributed by atoms with van der Waals surface area (Å²) in [6.45, 7) is 0. The Morgan fingerprint density at radius 2 is 1.81 bits per heavy atom. The summed E-state index contributed by atoms with van der Waals surface area (Å²) in [4.78, 5) is 41.2. The van der Waals surface area contributed by atoms with E-state index in [2.05, 4.69) is 4.84 Å². The Labute approximate surface area is 153 Å². The summed E-state index contributed by atoms with van der Waals surface area (Å²) in [5, 5.41) is 0.401. The van der Waals surface area contributed by atoms with Crippen molar-refractivity contribution in [3.63, 3.8) is 0 Å². The Bertz CT molecular complexity index is 1030. The number of hydrogen-bond acceptors (Lipinski definition) is 4. The quantitative estimate of drug-likeness (QED) is 0.574. The zero-order valence-corrected chi connectivity index (χ0v) is 14.9. The lowest BCUT2D eigenvalue weighted by Gasteiger charge is -2.17. The van der Waals surface area contributed by atoms with Crippen LogP contribution in [0.4, 0.5) is 17.6 Å². The summed E-state index contributed by atoms with van der Waals surface area (Å²) in [5.74, 6) is -2.02. The molecule has 1 heterocycles. The molecule has 0 aliphatic carbocycles. The lowest BCUT2D eigenvalue weighted by Crippen LogP contribution is -2.41. The summed E-state index contributed by atoms with van der Waals surface area (Å²) in [7, 11) is 3.18. The van der Waals surface area contributed by atoms with Crippen molar-refractivity contribution in [3.05, 3.63) is 61.1 Å². The highest BCUT2D eigenvalue weighted by atomic mass is 35.5. The lowest BCUT2D eigenvalue weighted by molar-refractivity contribution is -0.144. The molecule has 0 aliphatic heterocycles. The zero-order chi connectivity index (χ0) is 20.7. The van der Waals surface area contributed by atoms with Crippen LogP contribution in [0.2, 0.25) is 5.02 Å². The van der Waals surface area contributed by atoms with Crippen molar-refractivity contribution in [2.75, 3.05) is 14.2 Å². The number of halogens is 5. The van der Waals surface area contributed by atoms with Gasteiger partial charge in [-0.2, -0.15) is 13.2 Å². The first-order chi connectivity index (χ1) is 12.4. The zero-order valence-electron chi connectivity index (χ0n) is 14.1. The van der Waals surface area contributed by atoms with E-state index in [0.29, 0.717) is 6.07 Å². The van der Waals surface area contributed by atoms with E-state index >= 15 is 0 Å². The Hall–Kier alpha value is -2.66. The third-order valence-corrected chi connectivity index (χ3v) is 3.99. The van der Waals surface area contributed by atoms with E-state index < -0.39 is 40.5 Å². The van der Waals surface area contributed by atoms with Crippen molar-refractivity contribution >= 4 is 17.5 Å². The number of carbonyl (C=O) groups excluding carboxylic acids is 1. The summed E-state index contributed by atoms with van der Waals surface area (Å²) in [6, 6.07) is 1.60. The minimum absolute atomic E-state index is 0.151. The van der Waals surface area contributed by atoms with Gasteiger partial charge in [-0.05, 0) is 12.1 Å². The highest BCUT2D eigenvalue weighted by Crippen LogP contribution is 2.27. The van der Waals surface area contributed by atoms with Crippen LogP contribution in [0.3, 0.4) is 0 Å². The second kappa shape index (κ2) is 7.16. The number of aromatic nitrogens is 2. The number of nitrogens with zero attached hydrogens (tertiary/aromatic N) is 3. The van der Waals surface area contributed by atoms with Gasteiger partial charge in [0, 0.05) is 20.2 Å². The Kier molecular flexibility index (Phi) is 5.47. The van der Waals surface area contributed by atoms with Gasteiger partial charge >= 0.3 is 11.9 Å². The van der Waals surface area contributed by atoms with Gasteiger partial charge in [0.05, 0.1) is 23.4 Å². The largest absolute Gasteiger partial charge is 0.431 e. The maximum atomic E-state index is 14.3. The molecule has 0 spiro atoms. The Morgan fingerprint density at radius 1 is 1.22 bits per heavy atom. The van der Waals surface area contributed by atoms with Gasteiger partial charge in [0.15, 0.2) is 0 Å². The summed E-state index contributed by atoms with van der Waals surface area (Å²) in [5.41, 5.74) is -5.43. The Balaban J connectivity index is 2.80. The van der Waals surface area contributed by atoms with E-state index in [1.807, 2.05) is 0 Å². The maximum absolute atomic E-state index is 14.3. The summed E-state index contributed by atoms with van der Waals surface area (Å²) >= 11 is 5.82. The minimum Gasteiger partial charge on any atom is -0.292 e. The molecule has 0 radical (unpaired) electrons. The van der Waals surface area contributed by atoms with Gasteiger partial charge < -0.3 is 0 Å². The fraction of sp³-hybridized carbons (Fsp3) is 0.267. The average molecular weight is 410 g/mol. The fourth-order valence-electron chi connectivity index (χ4n) is 2.24. The van der Waals surface area contributed by atoms with Gasteiger partial charge in [-0.1, -0.05) is 11.6 Å². The van der Waals surface area contributed by atoms with Crippen LogP contribution in [0.15, 0.2) is 27.8 Å². The van der Waals surface area contributed by atoms with Crippen molar-refractivity contribution in [2.24, 2.45) is 7.05 Å². The number of alkyl halides is 3. The van der Waals surface area contributed by atoms with Crippen molar-refractivity contribution in [2.45, 2.75) is 6.18 Å². The van der Waals surface area contributed by atoms with Crippen molar-refractivity contribution in [1.82, 2.24) is 14.2 Å². The van der Waals surface area contributed by atoms with Crippen molar-refractivity contribution < 1.29 is 27.2 Å². The number of amides is 1. The second-order valence-electron chi connectivity index (χ2n) is 5.31. The van der Waals surface area contributed by atoms with E-state index in [9.17, 15) is 31.9 Å². The molecule has 0 unspecified atom stereocenters. The van der Waals surface area contributed by atoms with Crippen LogP contribution in [-0.2, 0) is 18.1 Å². The molecule has 0 atom stereocenters. The molecular weight excluding hydrogens is 398 g/mol. The SMILES string of the molecule is CON(C)C(=O)c1cc(-n2c(=O)cc(C(F)(F)F)n(C)c2=O)c(F)cc1Cl. The van der Waals surface area contributed by atoms with E-state index in [-0.39, 0.29) is 25.8 Å². The molecule has 0 fully saturated rings. The summed E-state index contributed by atoms with van der Waals surface area (Å²) in [6.07, 6.45) is -4.97. The first-order valence-corrected chi connectivity index (χ1v) is 7.49. The first kappa shape index (κ1) is 20.6. The smallest absolute Gasteiger partial charge is 0.292 e. The highest BCUT2D eigenvalue weighted by Gasteiger charge is 2.35. The third kappa shape index (κ3) is 3.74. The van der Waals surface area contributed by atoms with Gasteiger partial charge in [-0.15, -0.1) is 0 Å². The maximum Gasteiger partial charge on any atom is 0.431 e. The van der Waals surface area contributed by atoms with Crippen LogP contribution in [0.25, 0.3) is 5.69 Å². The van der Waals surface area contributed by atoms with E-state index in [1.165, 1.54) is 14.2 Å². The van der Waals surface area contributed by atoms with Crippen molar-refractivity contribution in [1.29, 1.82) is 0 Å². The van der Waals surface area contributed by atoms with Crippen LogP contribution >= 0.6 is 11.6 Å². The molecule has 2 rings (SSSR count). The monoisotopic (exact) mass is 409 g/mol. The van der Waals surface area contributed by atoms with E-state index in [1.54, 1.807) is 0 Å². The second-order valence-corrected chi connectivity index (χ2v) is 5.72. The average Bonchev–Trinajstić information content (AvgIpc) is 2.57. The molecule has 0 aliphatic rings. The molecule has 0 saturated carbocycles. The number of carbonyl (C=O) groups is 1. The third-order valence-electron chi connectivity index (χ3n) is 3.68. The molecule has 27 heavy (non-hydrogen) atoms.